The van der Waals surface area contributed by atoms with Gasteiger partial charge in [-0.3, -0.25) is 4.79 Å². The highest BCUT2D eigenvalue weighted by Crippen LogP contribution is 2.31. The highest BCUT2D eigenvalue weighted by atomic mass is 32.2. The summed E-state index contributed by atoms with van der Waals surface area (Å²) in [5, 5.41) is 3.19. The maximum atomic E-state index is 13.1. The fourth-order valence-corrected chi connectivity index (χ4v) is 4.59. The number of aryl methyl sites for hydroxylation is 1. The van der Waals surface area contributed by atoms with Crippen LogP contribution in [-0.4, -0.2) is 28.7 Å². The van der Waals surface area contributed by atoms with Crippen molar-refractivity contribution in [2.24, 2.45) is 4.99 Å². The topological polar surface area (TPSA) is 72.7 Å². The van der Waals surface area contributed by atoms with Gasteiger partial charge in [-0.25, -0.2) is 14.2 Å². The lowest BCUT2D eigenvalue weighted by Crippen LogP contribution is -2.19. The molecule has 0 bridgehead atoms. The summed E-state index contributed by atoms with van der Waals surface area (Å²) >= 11 is 1.23. The molecule has 0 saturated carbocycles. The van der Waals surface area contributed by atoms with Crippen molar-refractivity contribution in [2.75, 3.05) is 7.11 Å². The van der Waals surface area contributed by atoms with E-state index in [1.165, 1.54) is 31.0 Å². The van der Waals surface area contributed by atoms with Gasteiger partial charge in [-0.05, 0) is 92.2 Å². The second-order valence-corrected chi connectivity index (χ2v) is 8.59. The Kier molecular flexibility index (Phi) is 6.20. The molecule has 8 heteroatoms. The zero-order valence-electron chi connectivity index (χ0n) is 18.6. The molecular weight excluding hydrogens is 441 g/mol. The summed E-state index contributed by atoms with van der Waals surface area (Å²) in [7, 11) is 1.36. The summed E-state index contributed by atoms with van der Waals surface area (Å²) in [6.07, 6.45) is 1.82. The zero-order valence-corrected chi connectivity index (χ0v) is 19.4. The molecule has 0 atom stereocenters. The molecule has 1 aliphatic rings. The van der Waals surface area contributed by atoms with E-state index in [4.69, 9.17) is 4.74 Å². The number of methoxy groups -OCH3 is 1. The van der Waals surface area contributed by atoms with Crippen LogP contribution in [0, 0.1) is 26.6 Å². The minimum atomic E-state index is -0.383. The summed E-state index contributed by atoms with van der Waals surface area (Å²) in [6, 6.07) is 13.3. The minimum absolute atomic E-state index is 0.241. The van der Waals surface area contributed by atoms with E-state index in [-0.39, 0.29) is 17.7 Å². The minimum Gasteiger partial charge on any atom is -0.465 e. The summed E-state index contributed by atoms with van der Waals surface area (Å²) in [5.74, 6) is -0.967. The number of rotatable bonds is 4. The van der Waals surface area contributed by atoms with Crippen LogP contribution in [0.25, 0.3) is 11.8 Å². The van der Waals surface area contributed by atoms with Gasteiger partial charge in [0.15, 0.2) is 5.17 Å². The number of amidine groups is 1. The third-order valence-electron chi connectivity index (χ3n) is 5.42. The lowest BCUT2D eigenvalue weighted by atomic mass is 10.1. The van der Waals surface area contributed by atoms with Crippen LogP contribution >= 0.6 is 11.8 Å². The Balaban J connectivity index is 1.67. The van der Waals surface area contributed by atoms with Crippen molar-refractivity contribution in [1.82, 2.24) is 9.88 Å². The maximum absolute atomic E-state index is 13.1. The van der Waals surface area contributed by atoms with Gasteiger partial charge in [0.2, 0.25) is 0 Å². The van der Waals surface area contributed by atoms with Gasteiger partial charge in [-0.1, -0.05) is 6.07 Å². The molecule has 4 rings (SSSR count). The number of nitrogens with zero attached hydrogens (tertiary/aromatic N) is 2. The number of hydrogen-bond donors (Lipinski definition) is 1. The Morgan fingerprint density at radius 1 is 1.15 bits per heavy atom. The molecule has 1 fully saturated rings. The number of nitrogens with one attached hydrogen (secondary N) is 1. The molecule has 2 aromatic carbocycles. The van der Waals surface area contributed by atoms with E-state index in [2.05, 4.69) is 14.9 Å². The molecule has 1 aliphatic heterocycles. The van der Waals surface area contributed by atoms with Gasteiger partial charge >= 0.3 is 5.97 Å². The molecule has 0 spiro atoms. The number of thioether (sulfide) groups is 1. The van der Waals surface area contributed by atoms with E-state index in [0.717, 1.165) is 28.2 Å². The highest BCUT2D eigenvalue weighted by Gasteiger charge is 2.25. The van der Waals surface area contributed by atoms with E-state index in [1.54, 1.807) is 18.2 Å². The molecule has 1 amide bonds. The lowest BCUT2D eigenvalue weighted by molar-refractivity contribution is -0.115. The van der Waals surface area contributed by atoms with Gasteiger partial charge in [0, 0.05) is 17.1 Å². The average Bonchev–Trinajstić information content (AvgIpc) is 3.27. The number of aliphatic imine (C=N–C) groups is 1. The summed E-state index contributed by atoms with van der Waals surface area (Å²) in [4.78, 5) is 29.5. The number of amides is 1. The first-order valence-corrected chi connectivity index (χ1v) is 11.0. The van der Waals surface area contributed by atoms with Crippen molar-refractivity contribution < 1.29 is 18.7 Å². The van der Waals surface area contributed by atoms with Crippen LogP contribution in [0.15, 0.2) is 58.4 Å². The second-order valence-electron chi connectivity index (χ2n) is 7.56. The quantitative estimate of drug-likeness (QED) is 0.425. The van der Waals surface area contributed by atoms with Crippen LogP contribution in [0.3, 0.4) is 0 Å². The fourth-order valence-electron chi connectivity index (χ4n) is 3.76. The van der Waals surface area contributed by atoms with Crippen LogP contribution in [0.2, 0.25) is 0 Å². The standard InChI is InChI=1S/C25H22FN3O3S/c1-14-12-17(16(3)29(14)21-7-5-6-20(15(21)2)24(31)32-4)13-22-23(30)28-25(33-22)27-19-10-8-18(26)9-11-19/h5-13H,1-4H3,(H,27,28,30). The normalized spacial score (nSPS) is 15.8. The number of esters is 1. The Morgan fingerprint density at radius 2 is 1.88 bits per heavy atom. The van der Waals surface area contributed by atoms with Gasteiger partial charge in [-0.15, -0.1) is 0 Å². The third kappa shape index (κ3) is 4.47. The number of hydrogen-bond acceptors (Lipinski definition) is 5. The maximum Gasteiger partial charge on any atom is 0.338 e. The first-order chi connectivity index (χ1) is 15.8. The molecule has 0 unspecified atom stereocenters. The predicted molar refractivity (Wildman–Crippen MR) is 129 cm³/mol. The van der Waals surface area contributed by atoms with E-state index in [0.29, 0.717) is 21.3 Å². The first-order valence-electron chi connectivity index (χ1n) is 10.2. The summed E-state index contributed by atoms with van der Waals surface area (Å²) in [6.45, 7) is 5.83. The van der Waals surface area contributed by atoms with E-state index in [9.17, 15) is 14.0 Å². The van der Waals surface area contributed by atoms with Crippen molar-refractivity contribution >= 4 is 40.6 Å². The van der Waals surface area contributed by atoms with Crippen LogP contribution in [0.5, 0.6) is 0 Å². The average molecular weight is 464 g/mol. The van der Waals surface area contributed by atoms with Gasteiger partial charge in [0.05, 0.1) is 23.3 Å². The number of carbonyl (C=O) groups is 2. The van der Waals surface area contributed by atoms with Gasteiger partial charge in [0.25, 0.3) is 5.91 Å². The predicted octanol–water partition coefficient (Wildman–Crippen LogP) is 5.22. The summed E-state index contributed by atoms with van der Waals surface area (Å²) in [5.41, 5.74) is 5.53. The number of ether oxygens (including phenoxy) is 1. The van der Waals surface area contributed by atoms with Crippen molar-refractivity contribution in [3.63, 3.8) is 0 Å². The second kappa shape index (κ2) is 9.07. The van der Waals surface area contributed by atoms with Crippen LogP contribution in [0.4, 0.5) is 10.1 Å². The number of carbonyl (C=O) groups excluding carboxylic acids is 2. The van der Waals surface area contributed by atoms with E-state index >= 15 is 0 Å². The molecule has 1 N–H and O–H groups in total. The number of aromatic nitrogens is 1. The molecule has 168 valence electrons. The van der Waals surface area contributed by atoms with Crippen molar-refractivity contribution in [3.8, 4) is 5.69 Å². The van der Waals surface area contributed by atoms with Gasteiger partial charge < -0.3 is 14.6 Å². The fraction of sp³-hybridized carbons (Fsp3) is 0.160. The van der Waals surface area contributed by atoms with E-state index < -0.39 is 0 Å². The number of halogens is 1. The monoisotopic (exact) mass is 463 g/mol. The Bertz CT molecular complexity index is 1320. The van der Waals surface area contributed by atoms with Gasteiger partial charge in [-0.2, -0.15) is 0 Å². The molecule has 3 aromatic rings. The van der Waals surface area contributed by atoms with Gasteiger partial charge in [0.1, 0.15) is 5.82 Å². The largest absolute Gasteiger partial charge is 0.465 e. The summed E-state index contributed by atoms with van der Waals surface area (Å²) < 4.78 is 20.1. The molecule has 0 radical (unpaired) electrons. The van der Waals surface area contributed by atoms with Crippen LogP contribution in [-0.2, 0) is 9.53 Å². The molecular formula is C25H22FN3O3S. The Hall–Kier alpha value is -3.65. The highest BCUT2D eigenvalue weighted by molar-refractivity contribution is 8.18. The van der Waals surface area contributed by atoms with Crippen molar-refractivity contribution in [3.05, 3.63) is 87.3 Å². The Morgan fingerprint density at radius 3 is 2.58 bits per heavy atom. The Labute approximate surface area is 195 Å². The molecule has 33 heavy (non-hydrogen) atoms. The van der Waals surface area contributed by atoms with E-state index in [1.807, 2.05) is 45.0 Å². The third-order valence-corrected chi connectivity index (χ3v) is 6.33. The first kappa shape index (κ1) is 22.5. The van der Waals surface area contributed by atoms with Crippen LogP contribution < -0.4 is 5.32 Å². The smallest absolute Gasteiger partial charge is 0.338 e. The zero-order chi connectivity index (χ0) is 23.7. The molecule has 6 nitrogen and oxygen atoms in total. The molecule has 1 saturated heterocycles. The lowest BCUT2D eigenvalue weighted by Gasteiger charge is -2.15. The molecule has 1 aromatic heterocycles. The molecule has 0 aliphatic carbocycles. The SMILES string of the molecule is COC(=O)c1cccc(-n2c(C)cc(C=C3SC(=Nc4ccc(F)cc4)NC3=O)c2C)c1C. The van der Waals surface area contributed by atoms with Crippen molar-refractivity contribution in [2.45, 2.75) is 20.8 Å². The van der Waals surface area contributed by atoms with Crippen LogP contribution in [0.1, 0.15) is 32.9 Å². The number of benzene rings is 2. The molecule has 2 heterocycles. The van der Waals surface area contributed by atoms with Crippen molar-refractivity contribution in [1.29, 1.82) is 0 Å².